The molecule has 4 rings (SSSR count). The van der Waals surface area contributed by atoms with E-state index in [2.05, 4.69) is 80.0 Å². The van der Waals surface area contributed by atoms with E-state index in [0.717, 1.165) is 51.1 Å². The van der Waals surface area contributed by atoms with Crippen molar-refractivity contribution >= 4 is 29.9 Å². The second-order valence-corrected chi connectivity index (χ2v) is 8.63. The number of rotatable bonds is 6. The van der Waals surface area contributed by atoms with Crippen molar-refractivity contribution in [1.29, 1.82) is 0 Å². The molecule has 2 fully saturated rings. The van der Waals surface area contributed by atoms with E-state index in [-0.39, 0.29) is 30.1 Å². The van der Waals surface area contributed by atoms with E-state index in [1.165, 1.54) is 5.56 Å². The Hall–Kier alpha value is -1.65. The van der Waals surface area contributed by atoms with Gasteiger partial charge in [0.15, 0.2) is 5.96 Å². The van der Waals surface area contributed by atoms with Gasteiger partial charge in [-0.2, -0.15) is 0 Å². The second kappa shape index (κ2) is 11.3. The van der Waals surface area contributed by atoms with Crippen molar-refractivity contribution in [1.82, 2.24) is 24.7 Å². The van der Waals surface area contributed by atoms with Crippen LogP contribution in [-0.4, -0.2) is 70.7 Å². The van der Waals surface area contributed by atoms with E-state index in [1.807, 2.05) is 13.2 Å². The van der Waals surface area contributed by atoms with E-state index < -0.39 is 0 Å². The summed E-state index contributed by atoms with van der Waals surface area (Å²) in [6.45, 7) is 10.6. The van der Waals surface area contributed by atoms with Gasteiger partial charge in [0.2, 0.25) is 0 Å². The number of ether oxygens (including phenoxy) is 1. The minimum atomic E-state index is 0. The van der Waals surface area contributed by atoms with Crippen molar-refractivity contribution in [2.24, 2.45) is 10.9 Å². The van der Waals surface area contributed by atoms with Crippen molar-refractivity contribution in [2.45, 2.75) is 45.6 Å². The average molecular weight is 538 g/mol. The second-order valence-electron chi connectivity index (χ2n) is 8.63. The summed E-state index contributed by atoms with van der Waals surface area (Å²) in [5, 5.41) is 3.52. The molecule has 3 heterocycles. The highest BCUT2D eigenvalue weighted by Gasteiger charge is 2.41. The summed E-state index contributed by atoms with van der Waals surface area (Å²) in [6.07, 6.45) is 4.16. The summed E-state index contributed by atoms with van der Waals surface area (Å²) in [5.74, 6) is 2.56. The van der Waals surface area contributed by atoms with E-state index in [4.69, 9.17) is 4.74 Å². The molecule has 2 aromatic rings. The van der Waals surface area contributed by atoms with Crippen LogP contribution in [0.4, 0.5) is 0 Å². The standard InChI is InChI=1S/C23H34N6O.HI/c1-18(2)14-28-10-9-25-22(28)13-26-23(24-3)29-16-20-21(17-29)30-12-11-27(20)15-19-7-5-4-6-8-19;/h4-10,18,20-21H,11-17H2,1-3H3,(H,24,26);1H. The van der Waals surface area contributed by atoms with Gasteiger partial charge in [0.25, 0.3) is 0 Å². The third kappa shape index (κ3) is 5.98. The lowest BCUT2D eigenvalue weighted by Crippen LogP contribution is -2.50. The van der Waals surface area contributed by atoms with Crippen LogP contribution in [0.15, 0.2) is 47.7 Å². The van der Waals surface area contributed by atoms with Crippen LogP contribution in [0, 0.1) is 5.92 Å². The molecule has 0 amide bonds. The molecule has 0 radical (unpaired) electrons. The smallest absolute Gasteiger partial charge is 0.194 e. The van der Waals surface area contributed by atoms with Crippen LogP contribution in [-0.2, 0) is 24.4 Å². The topological polar surface area (TPSA) is 57.9 Å². The fourth-order valence-electron chi connectivity index (χ4n) is 4.50. The van der Waals surface area contributed by atoms with Crippen molar-refractivity contribution in [3.8, 4) is 0 Å². The first-order chi connectivity index (χ1) is 14.6. The van der Waals surface area contributed by atoms with Crippen molar-refractivity contribution < 1.29 is 4.74 Å². The van der Waals surface area contributed by atoms with Gasteiger partial charge in [0, 0.05) is 52.2 Å². The molecule has 0 spiro atoms. The lowest BCUT2D eigenvalue weighted by molar-refractivity contribution is -0.0502. The first-order valence-corrected chi connectivity index (χ1v) is 11.0. The highest BCUT2D eigenvalue weighted by Crippen LogP contribution is 2.24. The largest absolute Gasteiger partial charge is 0.373 e. The molecular formula is C23H35IN6O. The maximum Gasteiger partial charge on any atom is 0.194 e. The average Bonchev–Trinajstić information content (AvgIpc) is 3.36. The van der Waals surface area contributed by atoms with Crippen molar-refractivity contribution in [3.05, 3.63) is 54.1 Å². The van der Waals surface area contributed by atoms with Crippen LogP contribution >= 0.6 is 24.0 Å². The third-order valence-electron chi connectivity index (χ3n) is 5.92. The quantitative estimate of drug-likeness (QED) is 0.349. The Morgan fingerprint density at radius 1 is 1.26 bits per heavy atom. The van der Waals surface area contributed by atoms with Gasteiger partial charge in [-0.05, 0) is 11.5 Å². The van der Waals surface area contributed by atoms with Crippen LogP contribution in [0.1, 0.15) is 25.2 Å². The molecule has 2 unspecified atom stereocenters. The lowest BCUT2D eigenvalue weighted by atomic mass is 10.1. The van der Waals surface area contributed by atoms with Gasteiger partial charge in [-0.25, -0.2) is 4.98 Å². The fraction of sp³-hybridized carbons (Fsp3) is 0.565. The molecule has 0 saturated carbocycles. The van der Waals surface area contributed by atoms with Crippen molar-refractivity contribution in [2.75, 3.05) is 33.3 Å². The highest BCUT2D eigenvalue weighted by atomic mass is 127. The normalized spacial score (nSPS) is 21.8. The number of morpholine rings is 1. The molecule has 8 heteroatoms. The number of halogens is 1. The first kappa shape index (κ1) is 24.0. The maximum absolute atomic E-state index is 6.13. The molecule has 170 valence electrons. The number of hydrogen-bond donors (Lipinski definition) is 1. The zero-order chi connectivity index (χ0) is 20.9. The fourth-order valence-corrected chi connectivity index (χ4v) is 4.50. The van der Waals surface area contributed by atoms with E-state index in [1.54, 1.807) is 0 Å². The SMILES string of the molecule is CN=C(NCc1nccn1CC(C)C)N1CC2OCCN(Cc3ccccc3)C2C1.I. The lowest BCUT2D eigenvalue weighted by Gasteiger charge is -2.36. The predicted molar refractivity (Wildman–Crippen MR) is 135 cm³/mol. The monoisotopic (exact) mass is 538 g/mol. The molecule has 7 nitrogen and oxygen atoms in total. The Labute approximate surface area is 202 Å². The first-order valence-electron chi connectivity index (χ1n) is 11.0. The number of nitrogens with zero attached hydrogens (tertiary/aromatic N) is 5. The molecule has 1 aromatic carbocycles. The molecule has 0 bridgehead atoms. The number of hydrogen-bond acceptors (Lipinski definition) is 4. The Balaban J connectivity index is 0.00000272. The third-order valence-corrected chi connectivity index (χ3v) is 5.92. The number of benzene rings is 1. The summed E-state index contributed by atoms with van der Waals surface area (Å²) in [7, 11) is 1.85. The maximum atomic E-state index is 6.13. The van der Waals surface area contributed by atoms with Gasteiger partial charge >= 0.3 is 0 Å². The predicted octanol–water partition coefficient (Wildman–Crippen LogP) is 2.82. The zero-order valence-electron chi connectivity index (χ0n) is 18.8. The minimum absolute atomic E-state index is 0. The van der Waals surface area contributed by atoms with Gasteiger partial charge < -0.3 is 19.5 Å². The summed E-state index contributed by atoms with van der Waals surface area (Å²) in [4.78, 5) is 14.0. The molecule has 1 N–H and O–H groups in total. The zero-order valence-corrected chi connectivity index (χ0v) is 21.1. The highest BCUT2D eigenvalue weighted by molar-refractivity contribution is 14.0. The van der Waals surface area contributed by atoms with E-state index in [9.17, 15) is 0 Å². The molecule has 2 aliphatic heterocycles. The summed E-state index contributed by atoms with van der Waals surface area (Å²) in [6, 6.07) is 11.1. The van der Waals surface area contributed by atoms with Crippen LogP contribution in [0.2, 0.25) is 0 Å². The molecule has 0 aliphatic carbocycles. The summed E-state index contributed by atoms with van der Waals surface area (Å²) >= 11 is 0. The number of imidazole rings is 1. The summed E-state index contributed by atoms with van der Waals surface area (Å²) in [5.41, 5.74) is 1.36. The van der Waals surface area contributed by atoms with Crippen LogP contribution in [0.3, 0.4) is 0 Å². The van der Waals surface area contributed by atoms with Gasteiger partial charge in [0.1, 0.15) is 5.82 Å². The number of likely N-dealkylation sites (tertiary alicyclic amines) is 1. The van der Waals surface area contributed by atoms with Crippen molar-refractivity contribution in [3.63, 3.8) is 0 Å². The van der Waals surface area contributed by atoms with Gasteiger partial charge in [-0.15, -0.1) is 24.0 Å². The number of guanidine groups is 1. The number of aromatic nitrogens is 2. The molecule has 2 saturated heterocycles. The molecule has 31 heavy (non-hydrogen) atoms. The van der Waals surface area contributed by atoms with Crippen LogP contribution in [0.5, 0.6) is 0 Å². The minimum Gasteiger partial charge on any atom is -0.373 e. The van der Waals surface area contributed by atoms with Crippen LogP contribution < -0.4 is 5.32 Å². The molecule has 2 aliphatic rings. The van der Waals surface area contributed by atoms with E-state index in [0.29, 0.717) is 18.5 Å². The Morgan fingerprint density at radius 3 is 2.81 bits per heavy atom. The number of fused-ring (bicyclic) bond motifs is 1. The number of aliphatic imine (C=N–C) groups is 1. The van der Waals surface area contributed by atoms with Crippen LogP contribution in [0.25, 0.3) is 0 Å². The van der Waals surface area contributed by atoms with E-state index >= 15 is 0 Å². The Bertz CT molecular complexity index is 840. The summed E-state index contributed by atoms with van der Waals surface area (Å²) < 4.78 is 8.35. The number of nitrogens with one attached hydrogen (secondary N) is 1. The molecule has 2 atom stereocenters. The van der Waals surface area contributed by atoms with Gasteiger partial charge in [-0.1, -0.05) is 44.2 Å². The van der Waals surface area contributed by atoms with Gasteiger partial charge in [-0.3, -0.25) is 9.89 Å². The molecular weight excluding hydrogens is 503 g/mol. The Kier molecular flexibility index (Phi) is 8.74. The van der Waals surface area contributed by atoms with Gasteiger partial charge in [0.05, 0.1) is 25.3 Å². The Morgan fingerprint density at radius 2 is 2.06 bits per heavy atom. The molecule has 1 aromatic heterocycles.